The number of primary amides is 2. The van der Waals surface area contributed by atoms with Crippen LogP contribution in [-0.2, 0) is 56.0 Å². The van der Waals surface area contributed by atoms with Crippen molar-refractivity contribution in [1.82, 2.24) is 31.9 Å². The van der Waals surface area contributed by atoms with Gasteiger partial charge in [0.15, 0.2) is 0 Å². The molecule has 5 atom stereocenters. The molecule has 0 aliphatic rings. The largest absolute Gasteiger partial charge is 0.478 e. The van der Waals surface area contributed by atoms with E-state index in [0.717, 1.165) is 63.0 Å². The first kappa shape index (κ1) is 53.5. The molecule has 64 heavy (non-hydrogen) atoms. The van der Waals surface area contributed by atoms with Crippen molar-refractivity contribution >= 4 is 53.2 Å². The lowest BCUT2D eigenvalue weighted by atomic mass is 9.97. The van der Waals surface area contributed by atoms with Gasteiger partial charge in [-0.15, -0.1) is 0 Å². The predicted octanol–water partition coefficient (Wildman–Crippen LogP) is 1.59. The molecular weight excluding hydrogens is 825 g/mol. The van der Waals surface area contributed by atoms with E-state index in [1.807, 2.05) is 44.2 Å². The Balaban J connectivity index is 1.65. The minimum absolute atomic E-state index is 0.0152. The fraction of sp³-hybridized carbons (Fsp3) is 0.500. The average molecular weight is 891 g/mol. The Hall–Kier alpha value is -6.59. The predicted molar refractivity (Wildman–Crippen MR) is 239 cm³/mol. The first-order valence-electron chi connectivity index (χ1n) is 21.9. The van der Waals surface area contributed by atoms with Gasteiger partial charge in [0.25, 0.3) is 0 Å². The molecule has 2 aromatic carbocycles. The quantitative estimate of drug-likeness (QED) is 0.0378. The third kappa shape index (κ3) is 23.0. The van der Waals surface area contributed by atoms with Gasteiger partial charge in [-0.1, -0.05) is 126 Å². The maximum absolute atomic E-state index is 13.2. The first-order valence-corrected chi connectivity index (χ1v) is 21.9. The monoisotopic (exact) mass is 890 g/mol. The van der Waals surface area contributed by atoms with Gasteiger partial charge in [0.1, 0.15) is 24.2 Å². The van der Waals surface area contributed by atoms with Crippen LogP contribution in [0.15, 0.2) is 72.8 Å². The van der Waals surface area contributed by atoms with Crippen molar-refractivity contribution in [2.24, 2.45) is 17.4 Å². The topological polar surface area (TPSA) is 298 Å². The molecule has 2 rings (SSSR count). The van der Waals surface area contributed by atoms with Crippen LogP contribution in [0, 0.1) is 5.92 Å². The second-order valence-corrected chi connectivity index (χ2v) is 15.7. The van der Waals surface area contributed by atoms with Crippen molar-refractivity contribution in [3.05, 3.63) is 83.9 Å². The zero-order valence-corrected chi connectivity index (χ0v) is 36.9. The summed E-state index contributed by atoms with van der Waals surface area (Å²) in [5.41, 5.74) is 12.4. The number of nitrogens with two attached hydrogens (primary N) is 2. The number of hydrogen-bond acceptors (Lipinski definition) is 9. The Morgan fingerprint density at radius 1 is 0.594 bits per heavy atom. The Kier molecular flexibility index (Phi) is 25.5. The van der Waals surface area contributed by atoms with Crippen LogP contribution in [0.25, 0.3) is 0 Å². The first-order chi connectivity index (χ1) is 30.6. The molecule has 0 spiro atoms. The van der Waals surface area contributed by atoms with Crippen LogP contribution in [0.4, 0.5) is 0 Å². The van der Waals surface area contributed by atoms with Crippen LogP contribution in [-0.4, -0.2) is 95.6 Å². The Bertz CT molecular complexity index is 1860. The average Bonchev–Trinajstić information content (AvgIpc) is 3.26. The molecule has 0 bridgehead atoms. The molecule has 18 heteroatoms. The zero-order chi connectivity index (χ0) is 47.3. The molecule has 0 radical (unpaired) electrons. The maximum Gasteiger partial charge on any atom is 0.328 e. The lowest BCUT2D eigenvalue weighted by Gasteiger charge is -2.26. The molecule has 1 unspecified atom stereocenters. The molecule has 0 aliphatic heterocycles. The Labute approximate surface area is 374 Å². The number of rotatable bonds is 32. The van der Waals surface area contributed by atoms with Gasteiger partial charge < -0.3 is 48.5 Å². The van der Waals surface area contributed by atoms with Crippen LogP contribution in [0.2, 0.25) is 0 Å². The minimum atomic E-state index is -1.45. The standard InChI is InChI=1S/C46H66N8O10/c1-3-31(2)42(46(64)52-34(43(48)61)27-32-19-13-11-14-20-32)54-38(56)23-17-9-7-5-4-6-8-10-18-26-49-40(58)30-50-44(62)36(29-37(47)55)53-45(63)35(28-33-21-15-12-16-22-33)51-39(57)24-25-41(59)60/h11-16,19-22,24-25,31,34-36,42H,3-10,17-18,23,26-30H2,1-2H3,(H2,47,55)(H2,48,61)(H,49,58)(H,50,62)(H,51,57)(H,52,64)(H,53,63)(H,54,56)(H,59,60)/b25-24+/t31?,34-,35-,36-,42-/m0/s1. The van der Waals surface area contributed by atoms with Crippen LogP contribution < -0.4 is 43.4 Å². The van der Waals surface area contributed by atoms with Crippen molar-refractivity contribution in [1.29, 1.82) is 0 Å². The molecular formula is C46H66N8O10. The zero-order valence-electron chi connectivity index (χ0n) is 36.9. The molecule has 8 amide bonds. The van der Waals surface area contributed by atoms with Crippen LogP contribution in [0.1, 0.15) is 102 Å². The van der Waals surface area contributed by atoms with E-state index < -0.39 is 84.5 Å². The highest BCUT2D eigenvalue weighted by atomic mass is 16.4. The fourth-order valence-corrected chi connectivity index (χ4v) is 6.62. The van der Waals surface area contributed by atoms with E-state index in [-0.39, 0.29) is 31.1 Å². The number of carbonyl (C=O) groups excluding carboxylic acids is 8. The van der Waals surface area contributed by atoms with E-state index in [1.54, 1.807) is 30.3 Å². The van der Waals surface area contributed by atoms with Gasteiger partial charge in [0, 0.05) is 38.0 Å². The second-order valence-electron chi connectivity index (χ2n) is 15.7. The normalized spacial score (nSPS) is 13.3. The third-order valence-corrected chi connectivity index (χ3v) is 10.4. The van der Waals surface area contributed by atoms with Crippen molar-refractivity contribution in [2.45, 2.75) is 128 Å². The highest BCUT2D eigenvalue weighted by molar-refractivity contribution is 5.98. The van der Waals surface area contributed by atoms with Gasteiger partial charge >= 0.3 is 5.97 Å². The summed E-state index contributed by atoms with van der Waals surface area (Å²) in [6.45, 7) is 3.77. The minimum Gasteiger partial charge on any atom is -0.478 e. The lowest BCUT2D eigenvalue weighted by molar-refractivity contribution is -0.133. The number of carboxylic acid groups (broad SMARTS) is 1. The SMILES string of the molecule is CCC(C)[C@H](NC(=O)CCCCCCCCCCCNC(=O)CNC(=O)[C@H](CC(N)=O)NC(=O)[C@H](Cc1ccccc1)NC(=O)/C=C/C(=O)O)C(=O)N[C@@H](Cc1ccccc1)C(N)=O. The molecule has 11 N–H and O–H groups in total. The Morgan fingerprint density at radius 3 is 1.66 bits per heavy atom. The number of hydrogen-bond donors (Lipinski definition) is 9. The summed E-state index contributed by atoms with van der Waals surface area (Å²) >= 11 is 0. The highest BCUT2D eigenvalue weighted by Crippen LogP contribution is 2.13. The smallest absolute Gasteiger partial charge is 0.328 e. The number of nitrogens with one attached hydrogen (secondary N) is 6. The summed E-state index contributed by atoms with van der Waals surface area (Å²) in [6.07, 6.45) is 10.1. The molecule has 0 heterocycles. The van der Waals surface area contributed by atoms with Crippen molar-refractivity contribution in [3.63, 3.8) is 0 Å². The molecule has 18 nitrogen and oxygen atoms in total. The van der Waals surface area contributed by atoms with Crippen molar-refractivity contribution in [3.8, 4) is 0 Å². The summed E-state index contributed by atoms with van der Waals surface area (Å²) in [6, 6.07) is 13.5. The van der Waals surface area contributed by atoms with E-state index >= 15 is 0 Å². The third-order valence-electron chi connectivity index (χ3n) is 10.4. The second kappa shape index (κ2) is 30.5. The molecule has 0 saturated carbocycles. The van der Waals surface area contributed by atoms with Gasteiger partial charge in [-0.3, -0.25) is 38.4 Å². The summed E-state index contributed by atoms with van der Waals surface area (Å²) < 4.78 is 0. The van der Waals surface area contributed by atoms with Crippen molar-refractivity contribution < 1.29 is 48.3 Å². The number of unbranched alkanes of at least 4 members (excludes halogenated alkanes) is 8. The summed E-state index contributed by atoms with van der Waals surface area (Å²) in [5, 5.41) is 24.4. The summed E-state index contributed by atoms with van der Waals surface area (Å²) in [4.78, 5) is 112. The van der Waals surface area contributed by atoms with Gasteiger partial charge in [0.05, 0.1) is 13.0 Å². The van der Waals surface area contributed by atoms with Crippen LogP contribution >= 0.6 is 0 Å². The van der Waals surface area contributed by atoms with E-state index in [0.29, 0.717) is 31.0 Å². The highest BCUT2D eigenvalue weighted by Gasteiger charge is 2.30. The summed E-state index contributed by atoms with van der Waals surface area (Å²) in [7, 11) is 0. The molecule has 0 saturated heterocycles. The molecule has 0 aromatic heterocycles. The molecule has 0 aliphatic carbocycles. The molecule has 2 aromatic rings. The van der Waals surface area contributed by atoms with Crippen molar-refractivity contribution in [2.75, 3.05) is 13.1 Å². The number of carbonyl (C=O) groups is 9. The van der Waals surface area contributed by atoms with Gasteiger partial charge in [0.2, 0.25) is 47.3 Å². The maximum atomic E-state index is 13.2. The van der Waals surface area contributed by atoms with Gasteiger partial charge in [-0.05, 0) is 29.9 Å². The summed E-state index contributed by atoms with van der Waals surface area (Å²) in [5.74, 6) is -6.72. The van der Waals surface area contributed by atoms with Gasteiger partial charge in [-0.25, -0.2) is 4.79 Å². The number of benzene rings is 2. The molecule has 350 valence electrons. The van der Waals surface area contributed by atoms with E-state index in [9.17, 15) is 43.2 Å². The van der Waals surface area contributed by atoms with Gasteiger partial charge in [-0.2, -0.15) is 0 Å². The fourth-order valence-electron chi connectivity index (χ4n) is 6.62. The van der Waals surface area contributed by atoms with Crippen LogP contribution in [0.3, 0.4) is 0 Å². The number of aliphatic carboxylic acids is 1. The number of carboxylic acids is 1. The van der Waals surface area contributed by atoms with Crippen LogP contribution in [0.5, 0.6) is 0 Å². The van der Waals surface area contributed by atoms with E-state index in [2.05, 4.69) is 31.9 Å². The van der Waals surface area contributed by atoms with E-state index in [4.69, 9.17) is 16.6 Å². The van der Waals surface area contributed by atoms with E-state index in [1.165, 1.54) is 0 Å². The lowest BCUT2D eigenvalue weighted by Crippen LogP contribution is -2.55. The number of amides is 8. The molecule has 0 fully saturated rings. The Morgan fingerprint density at radius 2 is 1.12 bits per heavy atom.